The van der Waals surface area contributed by atoms with Crippen LogP contribution in [0.4, 0.5) is 5.00 Å². The Balaban J connectivity index is 2.08. The van der Waals surface area contributed by atoms with Crippen LogP contribution in [0.3, 0.4) is 0 Å². The van der Waals surface area contributed by atoms with Gasteiger partial charge in [0.15, 0.2) is 0 Å². The Morgan fingerprint density at radius 3 is 2.80 bits per heavy atom. The molecule has 0 aliphatic carbocycles. The summed E-state index contributed by atoms with van der Waals surface area (Å²) in [5, 5.41) is 11.9. The predicted octanol–water partition coefficient (Wildman–Crippen LogP) is 4.49. The molecule has 5 nitrogen and oxygen atoms in total. The first-order valence-corrected chi connectivity index (χ1v) is 8.84. The highest BCUT2D eigenvalue weighted by molar-refractivity contribution is 7.16. The molecule has 0 radical (unpaired) electrons. The second-order valence-corrected chi connectivity index (χ2v) is 6.96. The number of carbonyl (C=O) groups excluding carboxylic acids is 1. The quantitative estimate of drug-likeness (QED) is 0.553. The van der Waals surface area contributed by atoms with Crippen molar-refractivity contribution in [2.45, 2.75) is 20.8 Å². The summed E-state index contributed by atoms with van der Waals surface area (Å²) in [6.45, 7) is 5.95. The Kier molecular flexibility index (Phi) is 4.63. The molecule has 0 aliphatic heterocycles. The van der Waals surface area contributed by atoms with E-state index in [4.69, 9.17) is 4.74 Å². The van der Waals surface area contributed by atoms with E-state index in [2.05, 4.69) is 4.99 Å². The van der Waals surface area contributed by atoms with Crippen molar-refractivity contribution in [1.29, 1.82) is 0 Å². The van der Waals surface area contributed by atoms with Crippen LogP contribution in [0.15, 0.2) is 29.3 Å². The molecule has 1 N–H and O–H groups in total. The van der Waals surface area contributed by atoms with Gasteiger partial charge in [0.05, 0.1) is 23.3 Å². The van der Waals surface area contributed by atoms with E-state index in [1.54, 1.807) is 24.8 Å². The maximum atomic E-state index is 12.3. The monoisotopic (exact) mass is 356 g/mol. The minimum absolute atomic E-state index is 0.146. The van der Waals surface area contributed by atoms with E-state index in [0.717, 1.165) is 21.3 Å². The van der Waals surface area contributed by atoms with Gasteiger partial charge in [-0.15, -0.1) is 11.3 Å². The highest BCUT2D eigenvalue weighted by Gasteiger charge is 2.20. The molecular weight excluding hydrogens is 336 g/mol. The number of para-hydroxylation sites is 1. The third kappa shape index (κ3) is 2.93. The van der Waals surface area contributed by atoms with Crippen molar-refractivity contribution in [3.05, 3.63) is 45.8 Å². The summed E-state index contributed by atoms with van der Waals surface area (Å²) in [7, 11) is 1.80. The highest BCUT2D eigenvalue weighted by atomic mass is 32.1. The molecule has 0 saturated heterocycles. The predicted molar refractivity (Wildman–Crippen MR) is 102 cm³/mol. The van der Waals surface area contributed by atoms with Crippen LogP contribution >= 0.6 is 11.3 Å². The van der Waals surface area contributed by atoms with Crippen LogP contribution in [-0.2, 0) is 11.8 Å². The van der Waals surface area contributed by atoms with Crippen molar-refractivity contribution in [2.75, 3.05) is 6.61 Å². The van der Waals surface area contributed by atoms with Crippen molar-refractivity contribution in [3.63, 3.8) is 0 Å². The zero-order valence-corrected chi connectivity index (χ0v) is 15.5. The number of hydrogen-bond acceptors (Lipinski definition) is 5. The topological polar surface area (TPSA) is 63.8 Å². The van der Waals surface area contributed by atoms with Gasteiger partial charge in [-0.3, -0.25) is 0 Å². The molecule has 3 aromatic rings. The number of rotatable bonds is 4. The van der Waals surface area contributed by atoms with Gasteiger partial charge < -0.3 is 14.4 Å². The number of fused-ring (bicyclic) bond motifs is 1. The Morgan fingerprint density at radius 2 is 2.08 bits per heavy atom. The SMILES string of the molecule is CCOC(=O)c1c(N=Cc2c(O)n(C)c3ccccc23)sc(C)c1C. The summed E-state index contributed by atoms with van der Waals surface area (Å²) < 4.78 is 6.87. The van der Waals surface area contributed by atoms with Gasteiger partial charge in [0.25, 0.3) is 0 Å². The molecule has 0 unspecified atom stereocenters. The average molecular weight is 356 g/mol. The lowest BCUT2D eigenvalue weighted by atomic mass is 10.1. The first kappa shape index (κ1) is 17.2. The molecule has 0 fully saturated rings. The summed E-state index contributed by atoms with van der Waals surface area (Å²) in [4.78, 5) is 17.8. The number of benzene rings is 1. The number of ether oxygens (including phenoxy) is 1. The minimum Gasteiger partial charge on any atom is -0.494 e. The molecule has 130 valence electrons. The summed E-state index contributed by atoms with van der Waals surface area (Å²) in [5.41, 5.74) is 2.94. The second-order valence-electron chi connectivity index (χ2n) is 5.76. The van der Waals surface area contributed by atoms with E-state index in [-0.39, 0.29) is 11.8 Å². The van der Waals surface area contributed by atoms with Crippen LogP contribution in [0.25, 0.3) is 10.9 Å². The lowest BCUT2D eigenvalue weighted by molar-refractivity contribution is 0.0527. The van der Waals surface area contributed by atoms with E-state index in [1.165, 1.54) is 11.3 Å². The number of aromatic hydroxyl groups is 1. The number of esters is 1. The molecule has 25 heavy (non-hydrogen) atoms. The van der Waals surface area contributed by atoms with Gasteiger partial charge in [-0.25, -0.2) is 9.79 Å². The molecule has 0 aliphatic rings. The third-order valence-corrected chi connectivity index (χ3v) is 5.39. The van der Waals surface area contributed by atoms with Crippen molar-refractivity contribution in [2.24, 2.45) is 12.0 Å². The minimum atomic E-state index is -0.362. The van der Waals surface area contributed by atoms with Crippen molar-refractivity contribution in [3.8, 4) is 5.88 Å². The van der Waals surface area contributed by atoms with Gasteiger partial charge in [0, 0.05) is 23.5 Å². The van der Waals surface area contributed by atoms with Crippen molar-refractivity contribution < 1.29 is 14.6 Å². The highest BCUT2D eigenvalue weighted by Crippen LogP contribution is 2.36. The zero-order chi connectivity index (χ0) is 18.1. The van der Waals surface area contributed by atoms with Gasteiger partial charge in [-0.05, 0) is 32.4 Å². The fourth-order valence-corrected chi connectivity index (χ4v) is 3.79. The number of aryl methyl sites for hydroxylation is 2. The average Bonchev–Trinajstić information content (AvgIpc) is 3.01. The first-order valence-electron chi connectivity index (χ1n) is 8.03. The molecule has 0 amide bonds. The number of nitrogens with zero attached hydrogens (tertiary/aromatic N) is 2. The summed E-state index contributed by atoms with van der Waals surface area (Å²) >= 11 is 1.45. The van der Waals surface area contributed by atoms with E-state index in [9.17, 15) is 9.90 Å². The number of aromatic nitrogens is 1. The number of carbonyl (C=O) groups is 1. The molecule has 0 bridgehead atoms. The van der Waals surface area contributed by atoms with Crippen LogP contribution in [0.5, 0.6) is 5.88 Å². The first-order chi connectivity index (χ1) is 12.0. The lowest BCUT2D eigenvalue weighted by Crippen LogP contribution is -2.05. The third-order valence-electron chi connectivity index (χ3n) is 4.27. The summed E-state index contributed by atoms with van der Waals surface area (Å²) in [6, 6.07) is 7.72. The standard InChI is InChI=1S/C19H20N2O3S/c1-5-24-19(23)16-11(2)12(3)25-17(16)20-10-14-13-8-6-7-9-15(13)21(4)18(14)22/h6-10,22H,5H2,1-4H3. The Morgan fingerprint density at radius 1 is 1.36 bits per heavy atom. The molecule has 1 aromatic carbocycles. The van der Waals surface area contributed by atoms with Crippen molar-refractivity contribution in [1.82, 2.24) is 4.57 Å². The Labute approximate surface area is 150 Å². The van der Waals surface area contributed by atoms with Crippen LogP contribution in [0, 0.1) is 13.8 Å². The van der Waals surface area contributed by atoms with Crippen LogP contribution in [0.2, 0.25) is 0 Å². The Bertz CT molecular complexity index is 982. The van der Waals surface area contributed by atoms with Gasteiger partial charge in [0.1, 0.15) is 5.00 Å². The molecule has 6 heteroatoms. The van der Waals surface area contributed by atoms with Crippen LogP contribution in [0.1, 0.15) is 33.3 Å². The van der Waals surface area contributed by atoms with Crippen molar-refractivity contribution >= 4 is 39.4 Å². The lowest BCUT2D eigenvalue weighted by Gasteiger charge is -2.02. The number of hydrogen-bond donors (Lipinski definition) is 1. The van der Waals surface area contributed by atoms with E-state index < -0.39 is 0 Å². The van der Waals surface area contributed by atoms with Crippen LogP contribution < -0.4 is 0 Å². The fourth-order valence-electron chi connectivity index (χ4n) is 2.80. The van der Waals surface area contributed by atoms with Gasteiger partial charge >= 0.3 is 5.97 Å². The maximum Gasteiger partial charge on any atom is 0.341 e. The molecule has 0 atom stereocenters. The largest absolute Gasteiger partial charge is 0.494 e. The van der Waals surface area contributed by atoms with E-state index >= 15 is 0 Å². The summed E-state index contributed by atoms with van der Waals surface area (Å²) in [6.07, 6.45) is 1.62. The van der Waals surface area contributed by atoms with Gasteiger partial charge in [0.2, 0.25) is 5.88 Å². The molecule has 0 spiro atoms. The van der Waals surface area contributed by atoms with Gasteiger partial charge in [-0.2, -0.15) is 0 Å². The number of thiophene rings is 1. The molecule has 0 saturated carbocycles. The fraction of sp³-hybridized carbons (Fsp3) is 0.263. The van der Waals surface area contributed by atoms with Gasteiger partial charge in [-0.1, -0.05) is 18.2 Å². The smallest absolute Gasteiger partial charge is 0.341 e. The number of aliphatic imine (C=N–C) groups is 1. The maximum absolute atomic E-state index is 12.3. The molecular formula is C19H20N2O3S. The van der Waals surface area contributed by atoms with E-state index in [0.29, 0.717) is 22.7 Å². The molecule has 2 heterocycles. The molecule has 2 aromatic heterocycles. The normalized spacial score (nSPS) is 11.5. The van der Waals surface area contributed by atoms with Crippen LogP contribution in [-0.4, -0.2) is 28.5 Å². The molecule has 3 rings (SSSR count). The second kappa shape index (κ2) is 6.72. The van der Waals surface area contributed by atoms with E-state index in [1.807, 2.05) is 38.1 Å². The Hall–Kier alpha value is -2.60. The zero-order valence-electron chi connectivity index (χ0n) is 14.7. The summed E-state index contributed by atoms with van der Waals surface area (Å²) in [5.74, 6) is -0.216.